The van der Waals surface area contributed by atoms with Crippen molar-refractivity contribution in [1.82, 2.24) is 0 Å². The van der Waals surface area contributed by atoms with Gasteiger partial charge in [-0.1, -0.05) is 13.8 Å². The van der Waals surface area contributed by atoms with Crippen LogP contribution in [0.1, 0.15) is 35.5 Å². The molecule has 1 fully saturated rings. The highest BCUT2D eigenvalue weighted by molar-refractivity contribution is 9.11. The molecule has 1 atom stereocenters. The van der Waals surface area contributed by atoms with Gasteiger partial charge in [0.1, 0.15) is 0 Å². The second kappa shape index (κ2) is 3.17. The van der Waals surface area contributed by atoms with Crippen LogP contribution >= 0.6 is 27.3 Å². The molecule has 1 aliphatic carbocycles. The van der Waals surface area contributed by atoms with Gasteiger partial charge in [-0.2, -0.15) is 0 Å². The molecule has 0 bridgehead atoms. The van der Waals surface area contributed by atoms with Gasteiger partial charge in [-0.15, -0.1) is 11.3 Å². The van der Waals surface area contributed by atoms with Crippen molar-refractivity contribution in [3.8, 4) is 0 Å². The van der Waals surface area contributed by atoms with Crippen molar-refractivity contribution in [3.05, 3.63) is 20.3 Å². The van der Waals surface area contributed by atoms with Crippen LogP contribution in [-0.4, -0.2) is 5.78 Å². The number of ketones is 1. The van der Waals surface area contributed by atoms with Crippen LogP contribution in [0.25, 0.3) is 0 Å². The molecule has 0 aromatic carbocycles. The largest absolute Gasteiger partial charge is 0.294 e. The number of hydrogen-bond donors (Lipinski definition) is 0. The fourth-order valence-corrected chi connectivity index (χ4v) is 3.49. The number of aryl methyl sites for hydroxylation is 1. The Balaban J connectivity index is 2.25. The lowest BCUT2D eigenvalue weighted by molar-refractivity contribution is 0.0953. The fraction of sp³-hybridized carbons (Fsp3) is 0.545. The van der Waals surface area contributed by atoms with Crippen LogP contribution in [0, 0.1) is 18.3 Å². The molecule has 2 rings (SSSR count). The van der Waals surface area contributed by atoms with Crippen LogP contribution in [0.15, 0.2) is 9.85 Å². The van der Waals surface area contributed by atoms with Crippen molar-refractivity contribution in [2.75, 3.05) is 0 Å². The molecular weight excluding hydrogens is 260 g/mol. The molecule has 0 amide bonds. The summed E-state index contributed by atoms with van der Waals surface area (Å²) in [6.45, 7) is 6.33. The standard InChI is InChI=1S/C11H13BrOS/c1-6-7(4-9(12)14-6)10(13)8-5-11(8,2)3/h4,8H,5H2,1-3H3. The molecule has 76 valence electrons. The van der Waals surface area contributed by atoms with Gasteiger partial charge in [0.25, 0.3) is 0 Å². The number of hydrogen-bond acceptors (Lipinski definition) is 2. The van der Waals surface area contributed by atoms with Crippen LogP contribution in [-0.2, 0) is 0 Å². The summed E-state index contributed by atoms with van der Waals surface area (Å²) in [7, 11) is 0. The van der Waals surface area contributed by atoms with Crippen LogP contribution in [0.5, 0.6) is 0 Å². The summed E-state index contributed by atoms with van der Waals surface area (Å²) in [6.07, 6.45) is 1.04. The minimum Gasteiger partial charge on any atom is -0.294 e. The maximum absolute atomic E-state index is 12.0. The second-order valence-corrected chi connectivity index (χ2v) is 7.27. The molecule has 1 aromatic rings. The quantitative estimate of drug-likeness (QED) is 0.743. The van der Waals surface area contributed by atoms with E-state index in [0.717, 1.165) is 20.6 Å². The zero-order valence-corrected chi connectivity index (χ0v) is 11.0. The molecular formula is C11H13BrOS. The Morgan fingerprint density at radius 1 is 1.64 bits per heavy atom. The average Bonchev–Trinajstić information content (AvgIpc) is 2.55. The maximum atomic E-state index is 12.0. The van der Waals surface area contributed by atoms with Gasteiger partial charge in [0.2, 0.25) is 0 Å². The number of carbonyl (C=O) groups is 1. The zero-order chi connectivity index (χ0) is 10.5. The van der Waals surface area contributed by atoms with Crippen molar-refractivity contribution in [3.63, 3.8) is 0 Å². The Kier molecular flexibility index (Phi) is 2.35. The van der Waals surface area contributed by atoms with Gasteiger partial charge in [-0.25, -0.2) is 0 Å². The van der Waals surface area contributed by atoms with Gasteiger partial charge in [0, 0.05) is 16.4 Å². The molecule has 0 radical (unpaired) electrons. The minimum atomic E-state index is 0.234. The predicted octanol–water partition coefficient (Wildman–Crippen LogP) is 4.05. The molecule has 0 N–H and O–H groups in total. The first-order valence-electron chi connectivity index (χ1n) is 4.72. The minimum absolute atomic E-state index is 0.234. The maximum Gasteiger partial charge on any atom is 0.167 e. The average molecular weight is 273 g/mol. The topological polar surface area (TPSA) is 17.1 Å². The molecule has 3 heteroatoms. The molecule has 1 aliphatic rings. The monoisotopic (exact) mass is 272 g/mol. The first-order valence-corrected chi connectivity index (χ1v) is 6.33. The SMILES string of the molecule is Cc1sc(Br)cc1C(=O)C1CC1(C)C. The third kappa shape index (κ3) is 1.68. The lowest BCUT2D eigenvalue weighted by atomic mass is 10.0. The number of Topliss-reactive ketones (excluding diaryl/α,β-unsaturated/α-hetero) is 1. The van der Waals surface area contributed by atoms with E-state index in [1.807, 2.05) is 13.0 Å². The van der Waals surface area contributed by atoms with Gasteiger partial charge >= 0.3 is 0 Å². The van der Waals surface area contributed by atoms with Crippen LogP contribution in [0.2, 0.25) is 0 Å². The lowest BCUT2D eigenvalue weighted by Crippen LogP contribution is -2.06. The van der Waals surface area contributed by atoms with Crippen molar-refractivity contribution in [2.24, 2.45) is 11.3 Å². The summed E-state index contributed by atoms with van der Waals surface area (Å²) in [4.78, 5) is 13.2. The summed E-state index contributed by atoms with van der Waals surface area (Å²) >= 11 is 5.05. The van der Waals surface area contributed by atoms with Gasteiger partial charge in [-0.3, -0.25) is 4.79 Å². The van der Waals surface area contributed by atoms with E-state index in [9.17, 15) is 4.79 Å². The predicted molar refractivity (Wildman–Crippen MR) is 63.0 cm³/mol. The smallest absolute Gasteiger partial charge is 0.167 e. The highest BCUT2D eigenvalue weighted by Gasteiger charge is 2.50. The molecule has 1 aromatic heterocycles. The van der Waals surface area contributed by atoms with E-state index in [2.05, 4.69) is 29.8 Å². The van der Waals surface area contributed by atoms with E-state index in [1.54, 1.807) is 11.3 Å². The molecule has 0 aliphatic heterocycles. The normalized spacial score (nSPS) is 23.6. The summed E-state index contributed by atoms with van der Waals surface area (Å²) in [5.41, 5.74) is 1.15. The van der Waals surface area contributed by atoms with Gasteiger partial charge in [-0.05, 0) is 40.8 Å². The Labute approximate surface area is 96.6 Å². The molecule has 1 heterocycles. The summed E-state index contributed by atoms with van der Waals surface area (Å²) in [6, 6.07) is 1.96. The van der Waals surface area contributed by atoms with Crippen molar-refractivity contribution in [2.45, 2.75) is 27.2 Å². The highest BCUT2D eigenvalue weighted by Crippen LogP contribution is 2.53. The number of thiophene rings is 1. The van der Waals surface area contributed by atoms with E-state index < -0.39 is 0 Å². The molecule has 1 nitrogen and oxygen atoms in total. The molecule has 1 saturated carbocycles. The Morgan fingerprint density at radius 3 is 2.57 bits per heavy atom. The number of carbonyl (C=O) groups excluding carboxylic acids is 1. The van der Waals surface area contributed by atoms with E-state index in [0.29, 0.717) is 5.78 Å². The van der Waals surface area contributed by atoms with Crippen LogP contribution in [0.4, 0.5) is 0 Å². The van der Waals surface area contributed by atoms with Gasteiger partial charge in [0.15, 0.2) is 5.78 Å². The molecule has 1 unspecified atom stereocenters. The van der Waals surface area contributed by atoms with Crippen molar-refractivity contribution >= 4 is 33.0 Å². The molecule has 0 spiro atoms. The molecule has 14 heavy (non-hydrogen) atoms. The first-order chi connectivity index (χ1) is 6.42. The third-order valence-corrected chi connectivity index (χ3v) is 4.54. The third-order valence-electron chi connectivity index (χ3n) is 2.98. The Bertz CT molecular complexity index is 392. The van der Waals surface area contributed by atoms with Gasteiger partial charge in [0.05, 0.1) is 3.79 Å². The van der Waals surface area contributed by atoms with E-state index in [1.165, 1.54) is 0 Å². The number of halogens is 1. The van der Waals surface area contributed by atoms with Crippen LogP contribution in [0.3, 0.4) is 0 Å². The van der Waals surface area contributed by atoms with E-state index >= 15 is 0 Å². The van der Waals surface area contributed by atoms with E-state index in [4.69, 9.17) is 0 Å². The zero-order valence-electron chi connectivity index (χ0n) is 8.56. The number of rotatable bonds is 2. The van der Waals surface area contributed by atoms with Crippen LogP contribution < -0.4 is 0 Å². The van der Waals surface area contributed by atoms with Crippen molar-refractivity contribution in [1.29, 1.82) is 0 Å². The highest BCUT2D eigenvalue weighted by atomic mass is 79.9. The summed E-state index contributed by atoms with van der Waals surface area (Å²) < 4.78 is 1.05. The fourth-order valence-electron chi connectivity index (χ4n) is 1.79. The van der Waals surface area contributed by atoms with Gasteiger partial charge < -0.3 is 0 Å². The van der Waals surface area contributed by atoms with E-state index in [-0.39, 0.29) is 11.3 Å². The summed E-state index contributed by atoms with van der Waals surface area (Å²) in [5, 5.41) is 0. The lowest BCUT2D eigenvalue weighted by Gasteiger charge is -2.01. The Hall–Kier alpha value is -0.150. The molecule has 0 saturated heterocycles. The summed E-state index contributed by atoms with van der Waals surface area (Å²) in [5.74, 6) is 0.581. The van der Waals surface area contributed by atoms with Crippen molar-refractivity contribution < 1.29 is 4.79 Å². The first kappa shape index (κ1) is 10.4. The second-order valence-electron chi connectivity index (χ2n) is 4.63. The Morgan fingerprint density at radius 2 is 2.21 bits per heavy atom.